The van der Waals surface area contributed by atoms with Crippen molar-refractivity contribution in [2.75, 3.05) is 25.5 Å². The fraction of sp³-hybridized carbons (Fsp3) is 0.278. The van der Waals surface area contributed by atoms with Gasteiger partial charge in [-0.15, -0.1) is 0 Å². The van der Waals surface area contributed by atoms with Crippen LogP contribution in [0.4, 0.5) is 10.1 Å². The van der Waals surface area contributed by atoms with E-state index in [0.717, 1.165) is 5.56 Å². The standard InChI is InChI=1S/C18H20BrFN2O2/c1-3-22(11-13-8-9-14(20)10-15(13)19)12-18(23)21-16-6-4-5-7-17(16)24-2/h4-10H,3,11-12H2,1-2H3,(H,21,23). The number of likely N-dealkylation sites (N-methyl/N-ethyl adjacent to an activating group) is 1. The topological polar surface area (TPSA) is 41.6 Å². The Kier molecular flexibility index (Phi) is 6.75. The number of hydrogen-bond donors (Lipinski definition) is 1. The largest absolute Gasteiger partial charge is 0.495 e. The molecule has 0 aliphatic rings. The van der Waals surface area contributed by atoms with Gasteiger partial charge in [0.1, 0.15) is 11.6 Å². The Morgan fingerprint density at radius 1 is 1.29 bits per heavy atom. The molecule has 6 heteroatoms. The average molecular weight is 395 g/mol. The third-order valence-corrected chi connectivity index (χ3v) is 4.34. The number of carbonyl (C=O) groups excluding carboxylic acids is 1. The quantitative estimate of drug-likeness (QED) is 0.769. The maximum atomic E-state index is 13.2. The molecule has 2 rings (SSSR count). The number of carbonyl (C=O) groups is 1. The van der Waals surface area contributed by atoms with Crippen molar-refractivity contribution in [2.24, 2.45) is 0 Å². The molecule has 0 atom stereocenters. The van der Waals surface area contributed by atoms with Crippen LogP contribution in [0.2, 0.25) is 0 Å². The van der Waals surface area contributed by atoms with E-state index in [9.17, 15) is 9.18 Å². The first kappa shape index (κ1) is 18.4. The summed E-state index contributed by atoms with van der Waals surface area (Å²) in [5.74, 6) is 0.206. The van der Waals surface area contributed by atoms with Gasteiger partial charge in [0.25, 0.3) is 0 Å². The molecule has 0 saturated heterocycles. The van der Waals surface area contributed by atoms with Crippen LogP contribution in [0.15, 0.2) is 46.9 Å². The van der Waals surface area contributed by atoms with E-state index in [1.54, 1.807) is 25.3 Å². The molecule has 0 radical (unpaired) electrons. The van der Waals surface area contributed by atoms with Crippen LogP contribution in [-0.4, -0.2) is 31.0 Å². The molecule has 1 amide bonds. The highest BCUT2D eigenvalue weighted by atomic mass is 79.9. The van der Waals surface area contributed by atoms with E-state index in [4.69, 9.17) is 4.74 Å². The number of nitrogens with zero attached hydrogens (tertiary/aromatic N) is 1. The van der Waals surface area contributed by atoms with Crippen molar-refractivity contribution in [1.29, 1.82) is 0 Å². The first-order valence-electron chi connectivity index (χ1n) is 7.62. The molecular weight excluding hydrogens is 375 g/mol. The Balaban J connectivity index is 2.00. The van der Waals surface area contributed by atoms with Crippen LogP contribution in [0.5, 0.6) is 5.75 Å². The number of anilines is 1. The Bertz CT molecular complexity index is 709. The zero-order chi connectivity index (χ0) is 17.5. The van der Waals surface area contributed by atoms with Crippen LogP contribution < -0.4 is 10.1 Å². The molecule has 2 aromatic carbocycles. The number of benzene rings is 2. The maximum Gasteiger partial charge on any atom is 0.238 e. The minimum Gasteiger partial charge on any atom is -0.495 e. The minimum absolute atomic E-state index is 0.125. The van der Waals surface area contributed by atoms with Crippen LogP contribution in [0, 0.1) is 5.82 Å². The SMILES string of the molecule is CCN(CC(=O)Nc1ccccc1OC)Cc1ccc(F)cc1Br. The molecule has 0 heterocycles. The van der Waals surface area contributed by atoms with Gasteiger partial charge in [0, 0.05) is 11.0 Å². The van der Waals surface area contributed by atoms with Crippen molar-refractivity contribution in [2.45, 2.75) is 13.5 Å². The number of hydrogen-bond acceptors (Lipinski definition) is 3. The maximum absolute atomic E-state index is 13.2. The van der Waals surface area contributed by atoms with Crippen molar-refractivity contribution in [3.63, 3.8) is 0 Å². The first-order valence-corrected chi connectivity index (χ1v) is 8.42. The zero-order valence-electron chi connectivity index (χ0n) is 13.7. The average Bonchev–Trinajstić information content (AvgIpc) is 2.57. The highest BCUT2D eigenvalue weighted by molar-refractivity contribution is 9.10. The number of para-hydroxylation sites is 2. The Hall–Kier alpha value is -1.92. The monoisotopic (exact) mass is 394 g/mol. The van der Waals surface area contributed by atoms with Crippen LogP contribution in [0.1, 0.15) is 12.5 Å². The summed E-state index contributed by atoms with van der Waals surface area (Å²) in [6, 6.07) is 11.8. The number of nitrogens with one attached hydrogen (secondary N) is 1. The first-order chi connectivity index (χ1) is 11.5. The smallest absolute Gasteiger partial charge is 0.238 e. The number of methoxy groups -OCH3 is 1. The van der Waals surface area contributed by atoms with E-state index in [2.05, 4.69) is 21.2 Å². The second-order valence-corrected chi connectivity index (χ2v) is 6.14. The molecule has 128 valence electrons. The molecule has 4 nitrogen and oxygen atoms in total. The lowest BCUT2D eigenvalue weighted by Crippen LogP contribution is -2.33. The van der Waals surface area contributed by atoms with Crippen LogP contribution >= 0.6 is 15.9 Å². The predicted octanol–water partition coefficient (Wildman–Crippen LogP) is 4.06. The summed E-state index contributed by atoms with van der Waals surface area (Å²) in [7, 11) is 1.56. The summed E-state index contributed by atoms with van der Waals surface area (Å²) in [5, 5.41) is 2.86. The number of rotatable bonds is 7. The second-order valence-electron chi connectivity index (χ2n) is 5.29. The minimum atomic E-state index is -0.289. The molecule has 1 N–H and O–H groups in total. The van der Waals surface area contributed by atoms with Gasteiger partial charge in [0.05, 0.1) is 19.3 Å². The Morgan fingerprint density at radius 2 is 2.04 bits per heavy atom. The summed E-state index contributed by atoms with van der Waals surface area (Å²) >= 11 is 3.36. The summed E-state index contributed by atoms with van der Waals surface area (Å²) < 4.78 is 19.1. The molecule has 0 unspecified atom stereocenters. The van der Waals surface area contributed by atoms with E-state index < -0.39 is 0 Å². The van der Waals surface area contributed by atoms with E-state index >= 15 is 0 Å². The number of halogens is 2. The van der Waals surface area contributed by atoms with Crippen molar-refractivity contribution in [1.82, 2.24) is 4.90 Å². The lowest BCUT2D eigenvalue weighted by Gasteiger charge is -2.21. The molecule has 2 aromatic rings. The van der Waals surface area contributed by atoms with Crippen molar-refractivity contribution >= 4 is 27.5 Å². The lowest BCUT2D eigenvalue weighted by atomic mass is 10.2. The van der Waals surface area contributed by atoms with Gasteiger partial charge in [-0.25, -0.2) is 4.39 Å². The van der Waals surface area contributed by atoms with Gasteiger partial charge in [-0.1, -0.05) is 41.1 Å². The summed E-state index contributed by atoms with van der Waals surface area (Å²) in [4.78, 5) is 14.3. The van der Waals surface area contributed by atoms with E-state index in [0.29, 0.717) is 29.0 Å². The van der Waals surface area contributed by atoms with Gasteiger partial charge >= 0.3 is 0 Å². The van der Waals surface area contributed by atoms with Crippen molar-refractivity contribution < 1.29 is 13.9 Å². The molecule has 0 spiro atoms. The molecule has 0 bridgehead atoms. The van der Waals surface area contributed by atoms with E-state index in [1.807, 2.05) is 24.0 Å². The molecule has 0 aromatic heterocycles. The Morgan fingerprint density at radius 3 is 2.71 bits per heavy atom. The fourth-order valence-electron chi connectivity index (χ4n) is 2.31. The molecule has 0 aliphatic carbocycles. The van der Waals surface area contributed by atoms with Gasteiger partial charge in [0.2, 0.25) is 5.91 Å². The van der Waals surface area contributed by atoms with Gasteiger partial charge in [-0.3, -0.25) is 9.69 Å². The normalized spacial score (nSPS) is 10.7. The summed E-state index contributed by atoms with van der Waals surface area (Å²) in [6.45, 7) is 3.46. The Labute approximate surface area is 149 Å². The van der Waals surface area contributed by atoms with Crippen molar-refractivity contribution in [3.05, 3.63) is 58.3 Å². The predicted molar refractivity (Wildman–Crippen MR) is 96.7 cm³/mol. The van der Waals surface area contributed by atoms with E-state index in [1.165, 1.54) is 12.1 Å². The van der Waals surface area contributed by atoms with Crippen molar-refractivity contribution in [3.8, 4) is 5.75 Å². The number of ether oxygens (including phenoxy) is 1. The second kappa shape index (κ2) is 8.80. The van der Waals surface area contributed by atoms with Crippen LogP contribution in [-0.2, 0) is 11.3 Å². The molecular formula is C18H20BrFN2O2. The summed E-state index contributed by atoms with van der Waals surface area (Å²) in [6.07, 6.45) is 0. The molecule has 0 aliphatic heterocycles. The van der Waals surface area contributed by atoms with Gasteiger partial charge in [0.15, 0.2) is 0 Å². The third kappa shape index (κ3) is 5.04. The van der Waals surface area contributed by atoms with Gasteiger partial charge in [-0.2, -0.15) is 0 Å². The van der Waals surface area contributed by atoms with Gasteiger partial charge in [-0.05, 0) is 36.4 Å². The summed E-state index contributed by atoms with van der Waals surface area (Å²) in [5.41, 5.74) is 1.58. The highest BCUT2D eigenvalue weighted by Crippen LogP contribution is 2.23. The van der Waals surface area contributed by atoms with Crippen LogP contribution in [0.3, 0.4) is 0 Å². The molecule has 0 saturated carbocycles. The number of amides is 1. The van der Waals surface area contributed by atoms with Gasteiger partial charge < -0.3 is 10.1 Å². The van der Waals surface area contributed by atoms with E-state index in [-0.39, 0.29) is 18.3 Å². The fourth-order valence-corrected chi connectivity index (χ4v) is 2.79. The third-order valence-electron chi connectivity index (χ3n) is 3.60. The lowest BCUT2D eigenvalue weighted by molar-refractivity contribution is -0.117. The van der Waals surface area contributed by atoms with Crippen LogP contribution in [0.25, 0.3) is 0 Å². The zero-order valence-corrected chi connectivity index (χ0v) is 15.3. The highest BCUT2D eigenvalue weighted by Gasteiger charge is 2.13. The molecule has 0 fully saturated rings. The molecule has 24 heavy (non-hydrogen) atoms.